The maximum atomic E-state index is 11.9. The third-order valence-electron chi connectivity index (χ3n) is 2.81. The summed E-state index contributed by atoms with van der Waals surface area (Å²) in [6, 6.07) is 9.57. The van der Waals surface area contributed by atoms with Gasteiger partial charge in [0.15, 0.2) is 0 Å². The van der Waals surface area contributed by atoms with E-state index in [0.717, 1.165) is 24.3 Å². The maximum Gasteiger partial charge on any atom is 0.230 e. The third-order valence-corrected chi connectivity index (χ3v) is 2.81. The van der Waals surface area contributed by atoms with Gasteiger partial charge in [0.1, 0.15) is 5.76 Å². The van der Waals surface area contributed by atoms with Crippen LogP contribution in [0.15, 0.2) is 34.9 Å². The van der Waals surface area contributed by atoms with E-state index in [1.807, 2.05) is 24.3 Å². The van der Waals surface area contributed by atoms with Gasteiger partial charge in [-0.1, -0.05) is 24.2 Å². The maximum absolute atomic E-state index is 11.9. The summed E-state index contributed by atoms with van der Waals surface area (Å²) in [6.45, 7) is 5.58. The molecule has 114 valence electrons. The lowest BCUT2D eigenvalue weighted by Crippen LogP contribution is -2.15. The zero-order chi connectivity index (χ0) is 14.4. The van der Waals surface area contributed by atoms with Crippen molar-refractivity contribution in [2.45, 2.75) is 26.8 Å². The molecule has 0 saturated carbocycles. The normalized spacial score (nSPS) is 10.0. The van der Waals surface area contributed by atoms with Crippen LogP contribution in [0.4, 0.5) is 5.69 Å². The molecule has 1 amide bonds. The molecule has 21 heavy (non-hydrogen) atoms. The second kappa shape index (κ2) is 8.44. The number of carbonyl (C=O) groups excluding carboxylic acids is 1. The second-order valence-corrected chi connectivity index (χ2v) is 4.63. The van der Waals surface area contributed by atoms with E-state index in [2.05, 4.69) is 22.7 Å². The summed E-state index contributed by atoms with van der Waals surface area (Å²) in [4.78, 5) is 11.9. The van der Waals surface area contributed by atoms with E-state index in [0.29, 0.717) is 11.5 Å². The highest BCUT2D eigenvalue weighted by molar-refractivity contribution is 5.92. The highest BCUT2D eigenvalue weighted by Crippen LogP contribution is 2.11. The molecule has 0 spiro atoms. The van der Waals surface area contributed by atoms with Gasteiger partial charge in [-0.15, -0.1) is 12.4 Å². The number of benzene rings is 1. The van der Waals surface area contributed by atoms with Gasteiger partial charge in [-0.05, 0) is 31.2 Å². The standard InChI is InChI=1S/C15H19N3O2.ClH/c1-3-16-10-12-5-4-6-13(8-12)17-15(19)9-14-7-11(2)20-18-14;/h4-8,16H,3,9-10H2,1-2H3,(H,17,19);1H. The van der Waals surface area contributed by atoms with Crippen LogP contribution in [0.5, 0.6) is 0 Å². The fraction of sp³-hybridized carbons (Fsp3) is 0.333. The van der Waals surface area contributed by atoms with Crippen molar-refractivity contribution in [1.29, 1.82) is 0 Å². The Balaban J connectivity index is 0.00000220. The summed E-state index contributed by atoms with van der Waals surface area (Å²) in [7, 11) is 0. The average Bonchev–Trinajstić information content (AvgIpc) is 2.82. The molecule has 0 saturated heterocycles. The Morgan fingerprint density at radius 3 is 2.81 bits per heavy atom. The zero-order valence-electron chi connectivity index (χ0n) is 12.2. The van der Waals surface area contributed by atoms with Crippen molar-refractivity contribution in [2.75, 3.05) is 11.9 Å². The number of hydrogen-bond donors (Lipinski definition) is 2. The molecule has 0 unspecified atom stereocenters. The van der Waals surface area contributed by atoms with E-state index in [1.54, 1.807) is 13.0 Å². The number of carbonyl (C=O) groups is 1. The van der Waals surface area contributed by atoms with Gasteiger partial charge in [-0.3, -0.25) is 4.79 Å². The van der Waals surface area contributed by atoms with Crippen LogP contribution in [-0.2, 0) is 17.8 Å². The van der Waals surface area contributed by atoms with Crippen molar-refractivity contribution in [3.8, 4) is 0 Å². The SMILES string of the molecule is CCNCc1cccc(NC(=O)Cc2cc(C)on2)c1.Cl. The summed E-state index contributed by atoms with van der Waals surface area (Å²) in [6.07, 6.45) is 0.217. The lowest BCUT2D eigenvalue weighted by Gasteiger charge is -2.07. The molecular weight excluding hydrogens is 290 g/mol. The van der Waals surface area contributed by atoms with Crippen molar-refractivity contribution in [3.05, 3.63) is 47.3 Å². The molecular formula is C15H20ClN3O2. The molecule has 2 N–H and O–H groups in total. The van der Waals surface area contributed by atoms with Crippen LogP contribution < -0.4 is 10.6 Å². The molecule has 0 radical (unpaired) electrons. The number of halogens is 1. The molecule has 2 rings (SSSR count). The number of rotatable bonds is 6. The van der Waals surface area contributed by atoms with Crippen LogP contribution in [0.3, 0.4) is 0 Å². The number of aryl methyl sites for hydroxylation is 1. The molecule has 0 aliphatic rings. The van der Waals surface area contributed by atoms with Crippen molar-refractivity contribution in [3.63, 3.8) is 0 Å². The summed E-state index contributed by atoms with van der Waals surface area (Å²) < 4.78 is 4.94. The lowest BCUT2D eigenvalue weighted by atomic mass is 10.2. The van der Waals surface area contributed by atoms with Crippen molar-refractivity contribution in [1.82, 2.24) is 10.5 Å². The minimum absolute atomic E-state index is 0. The molecule has 0 aliphatic carbocycles. The summed E-state index contributed by atoms with van der Waals surface area (Å²) in [5.74, 6) is 0.610. The quantitative estimate of drug-likeness (QED) is 0.861. The van der Waals surface area contributed by atoms with Crippen LogP contribution >= 0.6 is 12.4 Å². The highest BCUT2D eigenvalue weighted by Gasteiger charge is 2.08. The Labute approximate surface area is 130 Å². The molecule has 1 aromatic heterocycles. The fourth-order valence-corrected chi connectivity index (χ4v) is 1.90. The van der Waals surface area contributed by atoms with Gasteiger partial charge in [-0.2, -0.15) is 0 Å². The largest absolute Gasteiger partial charge is 0.361 e. The van der Waals surface area contributed by atoms with E-state index in [-0.39, 0.29) is 24.7 Å². The number of hydrogen-bond acceptors (Lipinski definition) is 4. The Hall–Kier alpha value is -1.85. The van der Waals surface area contributed by atoms with Gasteiger partial charge in [0.2, 0.25) is 5.91 Å². The Bertz CT molecular complexity index is 584. The molecule has 0 aliphatic heterocycles. The van der Waals surface area contributed by atoms with Crippen LogP contribution in [0.25, 0.3) is 0 Å². The first-order valence-corrected chi connectivity index (χ1v) is 6.69. The second-order valence-electron chi connectivity index (χ2n) is 4.63. The van der Waals surface area contributed by atoms with Gasteiger partial charge in [-0.25, -0.2) is 0 Å². The average molecular weight is 310 g/mol. The molecule has 1 aromatic carbocycles. The topological polar surface area (TPSA) is 67.2 Å². The van der Waals surface area contributed by atoms with E-state index >= 15 is 0 Å². The Kier molecular flexibility index (Phi) is 6.91. The zero-order valence-corrected chi connectivity index (χ0v) is 13.0. The molecule has 1 heterocycles. The van der Waals surface area contributed by atoms with Crippen molar-refractivity contribution >= 4 is 24.0 Å². The van der Waals surface area contributed by atoms with Crippen LogP contribution in [0, 0.1) is 6.92 Å². The molecule has 6 heteroatoms. The Morgan fingerprint density at radius 1 is 1.33 bits per heavy atom. The number of amides is 1. The molecule has 5 nitrogen and oxygen atoms in total. The number of aromatic nitrogens is 1. The van der Waals surface area contributed by atoms with E-state index in [4.69, 9.17) is 4.52 Å². The number of nitrogens with one attached hydrogen (secondary N) is 2. The van der Waals surface area contributed by atoms with Crippen LogP contribution in [0.1, 0.15) is 23.9 Å². The van der Waals surface area contributed by atoms with E-state index in [9.17, 15) is 4.79 Å². The summed E-state index contributed by atoms with van der Waals surface area (Å²) >= 11 is 0. The number of anilines is 1. The van der Waals surface area contributed by atoms with Crippen molar-refractivity contribution in [2.24, 2.45) is 0 Å². The molecule has 0 atom stereocenters. The molecule has 0 fully saturated rings. The van der Waals surface area contributed by atoms with Crippen LogP contribution in [-0.4, -0.2) is 17.6 Å². The molecule has 2 aromatic rings. The lowest BCUT2D eigenvalue weighted by molar-refractivity contribution is -0.115. The predicted molar refractivity (Wildman–Crippen MR) is 84.6 cm³/mol. The third kappa shape index (κ3) is 5.57. The van der Waals surface area contributed by atoms with Gasteiger partial charge >= 0.3 is 0 Å². The van der Waals surface area contributed by atoms with Gasteiger partial charge in [0.05, 0.1) is 12.1 Å². The number of nitrogens with zero attached hydrogens (tertiary/aromatic N) is 1. The van der Waals surface area contributed by atoms with Gasteiger partial charge in [0.25, 0.3) is 0 Å². The molecule has 0 bridgehead atoms. The smallest absolute Gasteiger partial charge is 0.230 e. The van der Waals surface area contributed by atoms with Crippen LogP contribution in [0.2, 0.25) is 0 Å². The summed E-state index contributed by atoms with van der Waals surface area (Å²) in [5, 5.41) is 9.93. The monoisotopic (exact) mass is 309 g/mol. The Morgan fingerprint density at radius 2 is 2.14 bits per heavy atom. The fourth-order valence-electron chi connectivity index (χ4n) is 1.90. The van der Waals surface area contributed by atoms with Gasteiger partial charge < -0.3 is 15.2 Å². The first-order chi connectivity index (χ1) is 9.67. The first-order valence-electron chi connectivity index (χ1n) is 6.69. The van der Waals surface area contributed by atoms with Crippen molar-refractivity contribution < 1.29 is 9.32 Å². The van der Waals surface area contributed by atoms with Gasteiger partial charge in [0, 0.05) is 18.3 Å². The summed E-state index contributed by atoms with van der Waals surface area (Å²) in [5.41, 5.74) is 2.58. The van der Waals surface area contributed by atoms with E-state index in [1.165, 1.54) is 0 Å². The predicted octanol–water partition coefficient (Wildman–Crippen LogP) is 2.70. The first kappa shape index (κ1) is 17.2. The minimum Gasteiger partial charge on any atom is -0.361 e. The van der Waals surface area contributed by atoms with E-state index < -0.39 is 0 Å². The minimum atomic E-state index is -0.0982. The highest BCUT2D eigenvalue weighted by atomic mass is 35.5.